The quantitative estimate of drug-likeness (QED) is 0.0944. The SMILES string of the molecule is C/C=C(\CCCO[Si](c1ccccc1)(c1ccccc1)C(C)(C)C)C[C@H](NC(=O)OC(C)(C)C)C(=O)OCc1ccccc1. The van der Waals surface area contributed by atoms with Crippen LogP contribution in [-0.4, -0.2) is 38.6 Å². The van der Waals surface area contributed by atoms with E-state index in [-0.39, 0.29) is 11.6 Å². The molecular weight excluding hydrogens is 566 g/mol. The van der Waals surface area contributed by atoms with Crippen molar-refractivity contribution in [2.75, 3.05) is 6.61 Å². The minimum Gasteiger partial charge on any atom is -0.459 e. The Balaban J connectivity index is 1.73. The molecule has 0 saturated heterocycles. The van der Waals surface area contributed by atoms with Gasteiger partial charge in [0.25, 0.3) is 8.32 Å². The summed E-state index contributed by atoms with van der Waals surface area (Å²) in [5.74, 6) is -0.498. The highest BCUT2D eigenvalue weighted by atomic mass is 28.4. The molecule has 44 heavy (non-hydrogen) atoms. The van der Waals surface area contributed by atoms with Crippen LogP contribution >= 0.6 is 0 Å². The first-order chi connectivity index (χ1) is 20.9. The van der Waals surface area contributed by atoms with Gasteiger partial charge < -0.3 is 19.2 Å². The van der Waals surface area contributed by atoms with E-state index in [9.17, 15) is 9.59 Å². The first-order valence-corrected chi connectivity index (χ1v) is 17.4. The molecule has 0 heterocycles. The standard InChI is InChI=1S/C37H49NO5Si/c1-8-29(27-33(38-35(40)43-36(2,3)4)34(39)41-28-30-19-12-9-13-20-30)21-18-26-42-44(37(5,6)7,31-22-14-10-15-23-31)32-24-16-11-17-25-32/h8-17,19-20,22-25,33H,18,21,26-28H2,1-7H3,(H,38,40)/b29-8+/t33-/m0/s1. The molecule has 0 radical (unpaired) electrons. The maximum Gasteiger partial charge on any atom is 0.408 e. The van der Waals surface area contributed by atoms with Crippen LogP contribution in [0.3, 0.4) is 0 Å². The molecule has 6 nitrogen and oxygen atoms in total. The van der Waals surface area contributed by atoms with Crippen LogP contribution in [0.1, 0.15) is 73.3 Å². The normalized spacial score (nSPS) is 13.2. The van der Waals surface area contributed by atoms with Crippen molar-refractivity contribution in [2.24, 2.45) is 0 Å². The van der Waals surface area contributed by atoms with Crippen LogP contribution in [0, 0.1) is 0 Å². The summed E-state index contributed by atoms with van der Waals surface area (Å²) < 4.78 is 18.1. The van der Waals surface area contributed by atoms with Gasteiger partial charge in [0.05, 0.1) is 0 Å². The van der Waals surface area contributed by atoms with Crippen molar-refractivity contribution in [1.82, 2.24) is 5.32 Å². The number of carbonyl (C=O) groups is 2. The minimum absolute atomic E-state index is 0.107. The fraction of sp³-hybridized carbons (Fsp3) is 0.405. The van der Waals surface area contributed by atoms with Gasteiger partial charge in [-0.1, -0.05) is 123 Å². The van der Waals surface area contributed by atoms with E-state index >= 15 is 0 Å². The number of alkyl carbamates (subject to hydrolysis) is 1. The lowest BCUT2D eigenvalue weighted by molar-refractivity contribution is -0.147. The second kappa shape index (κ2) is 15.9. The second-order valence-electron chi connectivity index (χ2n) is 13.1. The predicted molar refractivity (Wildman–Crippen MR) is 181 cm³/mol. The molecule has 0 aromatic heterocycles. The molecule has 7 heteroatoms. The van der Waals surface area contributed by atoms with Crippen LogP contribution in [0.5, 0.6) is 0 Å². The molecule has 3 aromatic carbocycles. The number of ether oxygens (including phenoxy) is 2. The van der Waals surface area contributed by atoms with Gasteiger partial charge in [-0.25, -0.2) is 9.59 Å². The number of carbonyl (C=O) groups excluding carboxylic acids is 2. The monoisotopic (exact) mass is 615 g/mol. The molecule has 3 rings (SSSR count). The van der Waals surface area contributed by atoms with E-state index in [1.807, 2.05) is 55.5 Å². The molecule has 0 aliphatic rings. The maximum absolute atomic E-state index is 13.2. The second-order valence-corrected chi connectivity index (χ2v) is 17.4. The summed E-state index contributed by atoms with van der Waals surface area (Å²) in [6.45, 7) is 14.8. The van der Waals surface area contributed by atoms with E-state index < -0.39 is 32.0 Å². The van der Waals surface area contributed by atoms with E-state index in [1.54, 1.807) is 20.8 Å². The van der Waals surface area contributed by atoms with Gasteiger partial charge in [-0.3, -0.25) is 0 Å². The van der Waals surface area contributed by atoms with E-state index in [2.05, 4.69) is 74.6 Å². The first-order valence-electron chi connectivity index (χ1n) is 15.4. The van der Waals surface area contributed by atoms with Gasteiger partial charge in [0.1, 0.15) is 18.2 Å². The summed E-state index contributed by atoms with van der Waals surface area (Å²) in [5.41, 5.74) is 1.22. The molecule has 236 valence electrons. The molecule has 1 N–H and O–H groups in total. The Bertz CT molecular complexity index is 1310. The molecule has 1 atom stereocenters. The van der Waals surface area contributed by atoms with E-state index in [1.165, 1.54) is 10.4 Å². The van der Waals surface area contributed by atoms with E-state index in [4.69, 9.17) is 13.9 Å². The molecule has 1 amide bonds. The minimum atomic E-state index is -2.64. The largest absolute Gasteiger partial charge is 0.459 e. The number of nitrogens with one attached hydrogen (secondary N) is 1. The Morgan fingerprint density at radius 2 is 1.34 bits per heavy atom. The Kier molecular flexibility index (Phi) is 12.6. The van der Waals surface area contributed by atoms with Gasteiger partial charge in [-0.05, 0) is 67.9 Å². The van der Waals surface area contributed by atoms with Crippen molar-refractivity contribution in [1.29, 1.82) is 0 Å². The predicted octanol–water partition coefficient (Wildman–Crippen LogP) is 7.32. The van der Waals surface area contributed by atoms with Crippen LogP contribution in [0.25, 0.3) is 0 Å². The Morgan fingerprint density at radius 3 is 1.82 bits per heavy atom. The smallest absolute Gasteiger partial charge is 0.408 e. The van der Waals surface area contributed by atoms with Gasteiger partial charge in [0, 0.05) is 6.61 Å². The van der Waals surface area contributed by atoms with E-state index in [0.717, 1.165) is 17.6 Å². The maximum atomic E-state index is 13.2. The first kappa shape index (κ1) is 34.8. The van der Waals surface area contributed by atoms with Gasteiger partial charge in [-0.2, -0.15) is 0 Å². The molecule has 0 bridgehead atoms. The van der Waals surface area contributed by atoms with Gasteiger partial charge >= 0.3 is 12.1 Å². The molecule has 0 unspecified atom stereocenters. The zero-order valence-corrected chi connectivity index (χ0v) is 28.4. The molecule has 0 fully saturated rings. The Hall–Kier alpha value is -3.68. The third kappa shape index (κ3) is 9.93. The fourth-order valence-corrected chi connectivity index (χ4v) is 9.99. The number of esters is 1. The van der Waals surface area contributed by atoms with Crippen molar-refractivity contribution >= 4 is 30.8 Å². The van der Waals surface area contributed by atoms with Crippen LogP contribution in [0.15, 0.2) is 103 Å². The fourth-order valence-electron chi connectivity index (χ4n) is 5.38. The van der Waals surface area contributed by atoms with Crippen molar-refractivity contribution < 1.29 is 23.5 Å². The molecular formula is C37H49NO5Si. The molecule has 0 aliphatic heterocycles. The highest BCUT2D eigenvalue weighted by Crippen LogP contribution is 2.37. The third-order valence-electron chi connectivity index (χ3n) is 7.45. The Labute approximate surface area is 265 Å². The zero-order valence-electron chi connectivity index (χ0n) is 27.4. The number of benzene rings is 3. The topological polar surface area (TPSA) is 73.9 Å². The molecule has 3 aromatic rings. The van der Waals surface area contributed by atoms with Crippen molar-refractivity contribution in [3.8, 4) is 0 Å². The van der Waals surface area contributed by atoms with Gasteiger partial charge in [0.15, 0.2) is 0 Å². The lowest BCUT2D eigenvalue weighted by Gasteiger charge is -2.43. The average Bonchev–Trinajstić information content (AvgIpc) is 2.98. The van der Waals surface area contributed by atoms with Crippen LogP contribution in [0.4, 0.5) is 4.79 Å². The molecule has 0 aliphatic carbocycles. The number of rotatable bonds is 13. The number of allylic oxidation sites excluding steroid dienone is 1. The highest BCUT2D eigenvalue weighted by molar-refractivity contribution is 6.99. The van der Waals surface area contributed by atoms with E-state index in [0.29, 0.717) is 19.4 Å². The lowest BCUT2D eigenvalue weighted by atomic mass is 10.0. The summed E-state index contributed by atoms with van der Waals surface area (Å²) in [5, 5.41) is 5.13. The Morgan fingerprint density at radius 1 is 0.818 bits per heavy atom. The summed E-state index contributed by atoms with van der Waals surface area (Å²) in [6, 6.07) is 29.8. The summed E-state index contributed by atoms with van der Waals surface area (Å²) in [6.07, 6.45) is 3.17. The highest BCUT2D eigenvalue weighted by Gasteiger charge is 2.50. The van der Waals surface area contributed by atoms with Crippen LogP contribution in [-0.2, 0) is 25.3 Å². The number of hydrogen-bond acceptors (Lipinski definition) is 5. The molecule has 0 saturated carbocycles. The molecule has 0 spiro atoms. The average molecular weight is 616 g/mol. The summed E-state index contributed by atoms with van der Waals surface area (Å²) >= 11 is 0. The van der Waals surface area contributed by atoms with Gasteiger partial charge in [-0.15, -0.1) is 0 Å². The summed E-state index contributed by atoms with van der Waals surface area (Å²) in [4.78, 5) is 25.9. The summed E-state index contributed by atoms with van der Waals surface area (Å²) in [7, 11) is -2.64. The lowest BCUT2D eigenvalue weighted by Crippen LogP contribution is -2.66. The zero-order chi connectivity index (χ0) is 32.2. The van der Waals surface area contributed by atoms with Crippen LogP contribution in [0.2, 0.25) is 5.04 Å². The number of amides is 1. The van der Waals surface area contributed by atoms with Crippen molar-refractivity contribution in [2.45, 2.75) is 91.0 Å². The van der Waals surface area contributed by atoms with Gasteiger partial charge in [0.2, 0.25) is 0 Å². The third-order valence-corrected chi connectivity index (χ3v) is 12.5. The van der Waals surface area contributed by atoms with Crippen LogP contribution < -0.4 is 15.7 Å². The number of hydrogen-bond donors (Lipinski definition) is 1. The van der Waals surface area contributed by atoms with Crippen molar-refractivity contribution in [3.63, 3.8) is 0 Å². The van der Waals surface area contributed by atoms with Crippen molar-refractivity contribution in [3.05, 3.63) is 108 Å².